The molecule has 286 valence electrons. The molecule has 2 nitrogen and oxygen atoms in total. The van der Waals surface area contributed by atoms with Gasteiger partial charge in [-0.15, -0.1) is 0 Å². The highest BCUT2D eigenvalue weighted by Gasteiger charge is 2.49. The zero-order valence-corrected chi connectivity index (χ0v) is 32.5. The largest absolute Gasteiger partial charge is 0.420 e. The number of hydrogen-bond acceptors (Lipinski definition) is 2. The van der Waals surface area contributed by atoms with Gasteiger partial charge in [-0.3, -0.25) is 0 Å². The summed E-state index contributed by atoms with van der Waals surface area (Å²) in [7, 11) is 0. The first-order valence-electron chi connectivity index (χ1n) is 18.9. The minimum absolute atomic E-state index is 0.0525. The van der Waals surface area contributed by atoms with Crippen LogP contribution < -0.4 is 15.1 Å². The molecule has 6 rings (SSSR count). The maximum absolute atomic E-state index is 14.1. The highest BCUT2D eigenvalue weighted by Crippen LogP contribution is 2.51. The van der Waals surface area contributed by atoms with E-state index in [1.807, 2.05) is 42.5 Å². The predicted octanol–water partition coefficient (Wildman–Crippen LogP) is 13.5. The Morgan fingerprint density at radius 3 is 0.982 bits per heavy atom. The number of halogens is 6. The molecule has 5 aromatic rings. The van der Waals surface area contributed by atoms with Crippen LogP contribution in [-0.2, 0) is 12.4 Å². The van der Waals surface area contributed by atoms with E-state index in [1.165, 1.54) is 24.3 Å². The first kappa shape index (κ1) is 39.8. The monoisotopic (exact) mass is 752 g/mol. The normalized spacial score (nSPS) is 14.1. The molecule has 0 atom stereocenters. The van der Waals surface area contributed by atoms with E-state index in [9.17, 15) is 26.3 Å². The zero-order chi connectivity index (χ0) is 40.0. The van der Waals surface area contributed by atoms with E-state index in [1.54, 1.807) is 0 Å². The fourth-order valence-corrected chi connectivity index (χ4v) is 7.75. The van der Waals surface area contributed by atoms with Gasteiger partial charge in [0.2, 0.25) is 0 Å². The summed E-state index contributed by atoms with van der Waals surface area (Å²) in [5.74, 6) is 0.210. The molecule has 0 amide bonds. The minimum atomic E-state index is -4.56. The molecule has 0 fully saturated rings. The molecular weight excluding hydrogens is 705 g/mol. The van der Waals surface area contributed by atoms with E-state index in [4.69, 9.17) is 0 Å². The van der Waals surface area contributed by atoms with Gasteiger partial charge in [0.25, 0.3) is 0 Å². The lowest BCUT2D eigenvalue weighted by atomic mass is 9.62. The van der Waals surface area contributed by atoms with Crippen LogP contribution in [0.3, 0.4) is 0 Å². The minimum Gasteiger partial charge on any atom is -0.359 e. The second-order valence-electron chi connectivity index (χ2n) is 15.6. The number of alkyl halides is 6. The Balaban J connectivity index is 1.88. The molecule has 0 aliphatic carbocycles. The van der Waals surface area contributed by atoms with Crippen LogP contribution in [0.1, 0.15) is 124 Å². The topological polar surface area (TPSA) is 6.48 Å². The standard InChI is InChI=1S/C46H47BF6N2/c1-28(2)37-16-12-17-38(29(3)4)43(37)54-41(32-20-24-34(25-21-32)45(48,49)50)42(33-22-26-35(27-23-33)46(51,52)53)55(47(54)36-14-10-9-11-15-36)44-39(30(5)6)18-13-19-40(44)31(7)8/h9-31H,1-8H3. The lowest BCUT2D eigenvalue weighted by Gasteiger charge is -2.38. The summed E-state index contributed by atoms with van der Waals surface area (Å²) in [6, 6.07) is 32.8. The second-order valence-corrected chi connectivity index (χ2v) is 15.6. The smallest absolute Gasteiger partial charge is 0.359 e. The molecule has 5 aromatic carbocycles. The molecule has 0 saturated heterocycles. The summed E-state index contributed by atoms with van der Waals surface area (Å²) in [5, 5.41) is 0. The van der Waals surface area contributed by atoms with Crippen molar-refractivity contribution in [3.8, 4) is 0 Å². The molecule has 1 aliphatic rings. The fraction of sp³-hybridized carbons (Fsp3) is 0.304. The SMILES string of the molecule is CC(C)c1cccc(C(C)C)c1N1B(c2ccccc2)N(c2c(C(C)C)cccc2C(C)C)C(c2ccc(C(F)(F)F)cc2)=C1c1ccc(C(F)(F)F)cc1. The number of para-hydroxylation sites is 2. The van der Waals surface area contributed by atoms with E-state index in [0.29, 0.717) is 22.5 Å². The Hall–Kier alpha value is -4.92. The molecule has 9 heteroatoms. The summed E-state index contributed by atoms with van der Waals surface area (Å²) < 4.78 is 84.5. The maximum Gasteiger partial charge on any atom is 0.420 e. The van der Waals surface area contributed by atoms with Crippen LogP contribution in [0.15, 0.2) is 115 Å². The average Bonchev–Trinajstić information content (AvgIpc) is 3.49. The van der Waals surface area contributed by atoms with Crippen molar-refractivity contribution in [3.05, 3.63) is 160 Å². The number of anilines is 2. The van der Waals surface area contributed by atoms with E-state index in [2.05, 4.69) is 89.3 Å². The van der Waals surface area contributed by atoms with Gasteiger partial charge in [-0.25, -0.2) is 0 Å². The lowest BCUT2D eigenvalue weighted by molar-refractivity contribution is -0.138. The average molecular weight is 753 g/mol. The predicted molar refractivity (Wildman–Crippen MR) is 216 cm³/mol. The van der Waals surface area contributed by atoms with Crippen molar-refractivity contribution in [2.45, 2.75) is 91.4 Å². The first-order chi connectivity index (χ1) is 25.9. The van der Waals surface area contributed by atoms with Crippen LogP contribution in [0.25, 0.3) is 11.4 Å². The molecule has 0 spiro atoms. The highest BCUT2D eigenvalue weighted by atomic mass is 19.4. The quantitative estimate of drug-likeness (QED) is 0.109. The second kappa shape index (κ2) is 15.3. The summed E-state index contributed by atoms with van der Waals surface area (Å²) in [6.45, 7) is 16.4. The van der Waals surface area contributed by atoms with Crippen molar-refractivity contribution in [2.24, 2.45) is 0 Å². The van der Waals surface area contributed by atoms with Crippen molar-refractivity contribution in [3.63, 3.8) is 0 Å². The maximum atomic E-state index is 14.1. The summed E-state index contributed by atoms with van der Waals surface area (Å²) >= 11 is 0. The third kappa shape index (κ3) is 7.67. The fourth-order valence-electron chi connectivity index (χ4n) is 7.75. The molecule has 0 saturated carbocycles. The van der Waals surface area contributed by atoms with Crippen LogP contribution in [0, 0.1) is 0 Å². The van der Waals surface area contributed by atoms with Gasteiger partial charge >= 0.3 is 19.3 Å². The van der Waals surface area contributed by atoms with Gasteiger partial charge in [0.1, 0.15) is 0 Å². The Bertz CT molecular complexity index is 1960. The van der Waals surface area contributed by atoms with Crippen LogP contribution in [-0.4, -0.2) is 6.98 Å². The molecule has 1 heterocycles. The Morgan fingerprint density at radius 2 is 0.709 bits per heavy atom. The first-order valence-corrected chi connectivity index (χ1v) is 18.9. The Labute approximate surface area is 321 Å². The van der Waals surface area contributed by atoms with Gasteiger partial charge in [0, 0.05) is 11.4 Å². The van der Waals surface area contributed by atoms with Crippen LogP contribution in [0.2, 0.25) is 0 Å². The number of benzene rings is 5. The van der Waals surface area contributed by atoms with E-state index >= 15 is 0 Å². The van der Waals surface area contributed by atoms with Crippen molar-refractivity contribution in [2.75, 3.05) is 9.62 Å². The van der Waals surface area contributed by atoms with Crippen molar-refractivity contribution < 1.29 is 26.3 Å². The summed E-state index contributed by atoms with van der Waals surface area (Å²) in [5.41, 5.74) is 7.61. The molecule has 0 unspecified atom stereocenters. The lowest BCUT2D eigenvalue weighted by Crippen LogP contribution is -2.55. The van der Waals surface area contributed by atoms with Crippen LogP contribution in [0.5, 0.6) is 0 Å². The third-order valence-corrected chi connectivity index (χ3v) is 10.4. The Morgan fingerprint density at radius 1 is 0.400 bits per heavy atom. The van der Waals surface area contributed by atoms with E-state index in [0.717, 1.165) is 63.4 Å². The van der Waals surface area contributed by atoms with Gasteiger partial charge in [-0.2, -0.15) is 26.3 Å². The van der Waals surface area contributed by atoms with Gasteiger partial charge < -0.3 is 9.62 Å². The molecule has 0 bridgehead atoms. The number of hydrogen-bond donors (Lipinski definition) is 0. The van der Waals surface area contributed by atoms with Crippen molar-refractivity contribution in [1.29, 1.82) is 0 Å². The molecule has 55 heavy (non-hydrogen) atoms. The number of nitrogens with zero attached hydrogens (tertiary/aromatic N) is 2. The Kier molecular flexibility index (Phi) is 11.1. The summed E-state index contributed by atoms with van der Waals surface area (Å²) in [6.07, 6.45) is -9.12. The number of rotatable bonds is 9. The van der Waals surface area contributed by atoms with Crippen molar-refractivity contribution in [1.82, 2.24) is 0 Å². The highest BCUT2D eigenvalue weighted by molar-refractivity contribution is 6.86. The van der Waals surface area contributed by atoms with Crippen molar-refractivity contribution >= 4 is 35.2 Å². The molecule has 0 radical (unpaired) electrons. The van der Waals surface area contributed by atoms with E-state index in [-0.39, 0.29) is 23.7 Å². The molecule has 0 N–H and O–H groups in total. The van der Waals surface area contributed by atoms with Gasteiger partial charge in [-0.1, -0.05) is 146 Å². The summed E-state index contributed by atoms with van der Waals surface area (Å²) in [4.78, 5) is 4.49. The van der Waals surface area contributed by atoms with Crippen LogP contribution in [0.4, 0.5) is 37.7 Å². The van der Waals surface area contributed by atoms with E-state index < -0.39 is 30.5 Å². The third-order valence-electron chi connectivity index (χ3n) is 10.4. The van der Waals surface area contributed by atoms with Gasteiger partial charge in [0.05, 0.1) is 22.5 Å². The zero-order valence-electron chi connectivity index (χ0n) is 32.5. The molecule has 1 aliphatic heterocycles. The van der Waals surface area contributed by atoms with Gasteiger partial charge in [0.15, 0.2) is 0 Å². The van der Waals surface area contributed by atoms with Gasteiger partial charge in [-0.05, 0) is 86.8 Å². The molecule has 0 aromatic heterocycles. The molecular formula is C46H47BF6N2. The van der Waals surface area contributed by atoms with Crippen LogP contribution >= 0.6 is 0 Å².